The lowest BCUT2D eigenvalue weighted by Gasteiger charge is -2.15. The highest BCUT2D eigenvalue weighted by Gasteiger charge is 2.16. The second-order valence-electron chi connectivity index (χ2n) is 10.1. The Labute approximate surface area is 227 Å². The number of carbonyl (C=O) groups excluding carboxylic acids is 1. The van der Waals surface area contributed by atoms with E-state index in [1.807, 2.05) is 44.2 Å². The fourth-order valence-corrected chi connectivity index (χ4v) is 4.18. The summed E-state index contributed by atoms with van der Waals surface area (Å²) >= 11 is 0. The number of nitrogens with one attached hydrogen (secondary N) is 1. The molecule has 3 rings (SSSR count). The predicted octanol–water partition coefficient (Wildman–Crippen LogP) is 7.55. The summed E-state index contributed by atoms with van der Waals surface area (Å²) in [5.74, 6) is 1.12. The van der Waals surface area contributed by atoms with Crippen molar-refractivity contribution in [1.29, 1.82) is 0 Å². The molecule has 0 aliphatic carbocycles. The molecule has 0 saturated heterocycles. The van der Waals surface area contributed by atoms with E-state index < -0.39 is 0 Å². The number of benzene rings is 3. The summed E-state index contributed by atoms with van der Waals surface area (Å²) in [6.45, 7) is 15.5. The second kappa shape index (κ2) is 13.6. The van der Waals surface area contributed by atoms with Crippen LogP contribution in [0.25, 0.3) is 5.57 Å². The number of aromatic hydroxyl groups is 1. The number of phenols is 1. The minimum atomic E-state index is -0.159. The van der Waals surface area contributed by atoms with Crippen molar-refractivity contribution in [2.24, 2.45) is 11.0 Å². The van der Waals surface area contributed by atoms with Crippen molar-refractivity contribution in [3.05, 3.63) is 101 Å². The summed E-state index contributed by atoms with van der Waals surface area (Å²) in [6.07, 6.45) is 2.56. The smallest absolute Gasteiger partial charge is 0.163 e. The van der Waals surface area contributed by atoms with E-state index in [1.165, 1.54) is 6.92 Å². The molecule has 0 aromatic heterocycles. The lowest BCUT2D eigenvalue weighted by atomic mass is 9.96. The van der Waals surface area contributed by atoms with Crippen LogP contribution in [0.5, 0.6) is 11.5 Å². The number of hydrogen-bond donors (Lipinski definition) is 2. The van der Waals surface area contributed by atoms with Crippen molar-refractivity contribution in [1.82, 2.24) is 5.43 Å². The lowest BCUT2D eigenvalue weighted by molar-refractivity contribution is 0.101. The Morgan fingerprint density at radius 1 is 1.03 bits per heavy atom. The van der Waals surface area contributed by atoms with Gasteiger partial charge in [-0.15, -0.1) is 0 Å². The fraction of sp³-hybridized carbons (Fsp3) is 0.333. The third-order valence-electron chi connectivity index (χ3n) is 6.52. The molecule has 0 heterocycles. The van der Waals surface area contributed by atoms with Crippen LogP contribution in [0.15, 0.2) is 72.3 Å². The first-order valence-corrected chi connectivity index (χ1v) is 13.4. The monoisotopic (exact) mass is 512 g/mol. The van der Waals surface area contributed by atoms with Crippen LogP contribution in [0.2, 0.25) is 0 Å². The average molecular weight is 513 g/mol. The molecule has 0 bridgehead atoms. The second-order valence-corrected chi connectivity index (χ2v) is 10.1. The number of nitrogens with zero attached hydrogens (tertiary/aromatic N) is 1. The standard InChI is InChI=1S/C33H40N2O3/c1-7-9-31-32(17-16-30(25(6)36)33(31)37)38-21-26-12-14-27(15-13-26)23(4)28-10-8-11-29(20-28)24(5)35-34-19-18-22(2)3/h8,10-17,20,22,34,37H,4,7,9,18-19,21H2,1-3,5-6H3/b35-24+. The normalized spacial score (nSPS) is 11.5. The van der Waals surface area contributed by atoms with E-state index in [2.05, 4.69) is 49.2 Å². The van der Waals surface area contributed by atoms with E-state index in [9.17, 15) is 9.90 Å². The van der Waals surface area contributed by atoms with Crippen LogP contribution in [0.3, 0.4) is 0 Å². The number of ether oxygens (including phenoxy) is 1. The van der Waals surface area contributed by atoms with Crippen molar-refractivity contribution in [2.45, 2.75) is 60.5 Å². The molecule has 5 nitrogen and oxygen atoms in total. The van der Waals surface area contributed by atoms with E-state index in [4.69, 9.17) is 4.74 Å². The quantitative estimate of drug-likeness (QED) is 0.107. The van der Waals surface area contributed by atoms with Gasteiger partial charge in [-0.2, -0.15) is 5.10 Å². The van der Waals surface area contributed by atoms with Gasteiger partial charge in [-0.05, 0) is 78.6 Å². The Morgan fingerprint density at radius 2 is 1.74 bits per heavy atom. The van der Waals surface area contributed by atoms with Crippen LogP contribution in [-0.4, -0.2) is 23.1 Å². The Bertz CT molecular complexity index is 1290. The molecule has 0 spiro atoms. The van der Waals surface area contributed by atoms with E-state index in [-0.39, 0.29) is 11.5 Å². The summed E-state index contributed by atoms with van der Waals surface area (Å²) in [6, 6.07) is 19.8. The first kappa shape index (κ1) is 28.7. The Kier molecular flexibility index (Phi) is 10.3. The molecule has 5 heteroatoms. The van der Waals surface area contributed by atoms with E-state index in [1.54, 1.807) is 12.1 Å². The van der Waals surface area contributed by atoms with E-state index in [0.29, 0.717) is 35.8 Å². The van der Waals surface area contributed by atoms with Crippen molar-refractivity contribution >= 4 is 17.1 Å². The zero-order valence-corrected chi connectivity index (χ0v) is 23.3. The van der Waals surface area contributed by atoms with Gasteiger partial charge < -0.3 is 15.3 Å². The number of hydrazone groups is 1. The summed E-state index contributed by atoms with van der Waals surface area (Å²) in [7, 11) is 0. The van der Waals surface area contributed by atoms with Crippen LogP contribution in [0.4, 0.5) is 0 Å². The Hall–Kier alpha value is -3.86. The van der Waals surface area contributed by atoms with E-state index in [0.717, 1.165) is 52.9 Å². The number of phenolic OH excluding ortho intramolecular Hbond substituents is 1. The highest BCUT2D eigenvalue weighted by atomic mass is 16.5. The maximum Gasteiger partial charge on any atom is 0.163 e. The first-order valence-electron chi connectivity index (χ1n) is 13.4. The third kappa shape index (κ3) is 7.58. The SMILES string of the molecule is C=C(c1ccc(COc2ccc(C(C)=O)c(O)c2CCC)cc1)c1cccc(/C(C)=N/NCCC(C)C)c1. The zero-order chi connectivity index (χ0) is 27.7. The molecular formula is C33H40N2O3. The van der Waals surface area contributed by atoms with Crippen molar-refractivity contribution in [3.63, 3.8) is 0 Å². The predicted molar refractivity (Wildman–Crippen MR) is 157 cm³/mol. The summed E-state index contributed by atoms with van der Waals surface area (Å²) in [4.78, 5) is 11.8. The maximum absolute atomic E-state index is 11.8. The fourth-order valence-electron chi connectivity index (χ4n) is 4.18. The van der Waals surface area contributed by atoms with Gasteiger partial charge in [0, 0.05) is 12.1 Å². The Morgan fingerprint density at radius 3 is 2.39 bits per heavy atom. The number of hydrogen-bond acceptors (Lipinski definition) is 5. The largest absolute Gasteiger partial charge is 0.507 e. The van der Waals surface area contributed by atoms with Gasteiger partial charge in [0.15, 0.2) is 5.78 Å². The molecule has 0 atom stereocenters. The van der Waals surface area contributed by atoms with Gasteiger partial charge in [-0.3, -0.25) is 4.79 Å². The van der Waals surface area contributed by atoms with Gasteiger partial charge in [0.25, 0.3) is 0 Å². The van der Waals surface area contributed by atoms with Crippen LogP contribution >= 0.6 is 0 Å². The maximum atomic E-state index is 11.8. The van der Waals surface area contributed by atoms with Crippen LogP contribution in [0.1, 0.15) is 85.6 Å². The van der Waals surface area contributed by atoms with Crippen LogP contribution in [-0.2, 0) is 13.0 Å². The topological polar surface area (TPSA) is 70.9 Å². The summed E-state index contributed by atoms with van der Waals surface area (Å²) in [5, 5.41) is 15.1. The molecular weight excluding hydrogens is 472 g/mol. The van der Waals surface area contributed by atoms with Crippen molar-refractivity contribution < 1.29 is 14.6 Å². The van der Waals surface area contributed by atoms with Gasteiger partial charge in [0.05, 0.1) is 11.3 Å². The molecule has 38 heavy (non-hydrogen) atoms. The minimum Gasteiger partial charge on any atom is -0.507 e. The van der Waals surface area contributed by atoms with Gasteiger partial charge >= 0.3 is 0 Å². The zero-order valence-electron chi connectivity index (χ0n) is 23.3. The number of rotatable bonds is 13. The first-order chi connectivity index (χ1) is 18.2. The van der Waals surface area contributed by atoms with Crippen molar-refractivity contribution in [3.8, 4) is 11.5 Å². The van der Waals surface area contributed by atoms with Crippen LogP contribution < -0.4 is 10.2 Å². The molecule has 2 N–H and O–H groups in total. The minimum absolute atomic E-state index is 0.0253. The molecule has 0 unspecified atom stereocenters. The molecule has 0 aliphatic heterocycles. The lowest BCUT2D eigenvalue weighted by Crippen LogP contribution is -2.13. The average Bonchev–Trinajstić information content (AvgIpc) is 2.91. The third-order valence-corrected chi connectivity index (χ3v) is 6.52. The van der Waals surface area contributed by atoms with Gasteiger partial charge in [0.1, 0.15) is 18.1 Å². The summed E-state index contributed by atoms with van der Waals surface area (Å²) < 4.78 is 6.06. The number of Topliss-reactive ketones (excluding diaryl/α,β-unsaturated/α-hetero) is 1. The molecule has 200 valence electrons. The van der Waals surface area contributed by atoms with Crippen LogP contribution in [0, 0.1) is 5.92 Å². The molecule has 0 radical (unpaired) electrons. The highest BCUT2D eigenvalue weighted by Crippen LogP contribution is 2.33. The Balaban J connectivity index is 1.68. The number of ketones is 1. The molecule has 3 aromatic carbocycles. The number of carbonyl (C=O) groups is 1. The van der Waals surface area contributed by atoms with Gasteiger partial charge in [-0.1, -0.05) is 76.2 Å². The van der Waals surface area contributed by atoms with Crippen molar-refractivity contribution in [2.75, 3.05) is 6.54 Å². The summed E-state index contributed by atoms with van der Waals surface area (Å²) in [5.41, 5.74) is 10.2. The molecule has 0 amide bonds. The molecule has 3 aromatic rings. The van der Waals surface area contributed by atoms with Gasteiger partial charge in [-0.25, -0.2) is 0 Å². The van der Waals surface area contributed by atoms with Gasteiger partial charge in [0.2, 0.25) is 0 Å². The molecule has 0 saturated carbocycles. The molecule has 0 fully saturated rings. The molecule has 0 aliphatic rings. The van der Waals surface area contributed by atoms with E-state index >= 15 is 0 Å². The highest BCUT2D eigenvalue weighted by molar-refractivity contribution is 5.99.